The largest absolute Gasteiger partial charge is 0.339 e. The van der Waals surface area contributed by atoms with Gasteiger partial charge >= 0.3 is 0 Å². The number of rotatable bonds is 6. The molecule has 2 amide bonds. The number of pyridine rings is 1. The van der Waals surface area contributed by atoms with Gasteiger partial charge in [-0.05, 0) is 47.9 Å². The number of hydrazone groups is 1. The average molecular weight is 483 g/mol. The van der Waals surface area contributed by atoms with Crippen molar-refractivity contribution < 1.29 is 9.59 Å². The van der Waals surface area contributed by atoms with Crippen molar-refractivity contribution in [1.82, 2.24) is 14.9 Å². The third kappa shape index (κ3) is 4.51. The lowest BCUT2D eigenvalue weighted by atomic mass is 10.1. The summed E-state index contributed by atoms with van der Waals surface area (Å²) in [6.07, 6.45) is 4.47. The van der Waals surface area contributed by atoms with Crippen molar-refractivity contribution in [2.45, 2.75) is 30.3 Å². The summed E-state index contributed by atoms with van der Waals surface area (Å²) in [5.41, 5.74) is 1.56. The second-order valence-electron chi connectivity index (χ2n) is 7.67. The molecule has 1 fully saturated rings. The highest BCUT2D eigenvalue weighted by molar-refractivity contribution is 7.99. The zero-order valence-corrected chi connectivity index (χ0v) is 19.8. The molecular weight excluding hydrogens is 460 g/mol. The van der Waals surface area contributed by atoms with E-state index in [-0.39, 0.29) is 23.6 Å². The molecule has 164 valence electrons. The first kappa shape index (κ1) is 21.4. The fraction of sp³-hybridized carbons (Fsp3) is 0.304. The lowest BCUT2D eigenvalue weighted by Crippen LogP contribution is -2.28. The number of nitrogens with zero attached hydrogens (tertiary/aromatic N) is 4. The van der Waals surface area contributed by atoms with Crippen LogP contribution in [0.2, 0.25) is 0 Å². The SMILES string of the molecule is O=C(c1ccc(SCC(=O)N2N=C(c3cccs3)CC2c2cccs2)nc1)N1CCCC1. The van der Waals surface area contributed by atoms with Crippen LogP contribution < -0.4 is 0 Å². The van der Waals surface area contributed by atoms with Gasteiger partial charge in [-0.15, -0.1) is 22.7 Å². The van der Waals surface area contributed by atoms with E-state index in [0.29, 0.717) is 5.56 Å². The van der Waals surface area contributed by atoms with Gasteiger partial charge in [0.2, 0.25) is 0 Å². The van der Waals surface area contributed by atoms with Crippen LogP contribution >= 0.6 is 34.4 Å². The van der Waals surface area contributed by atoms with Gasteiger partial charge < -0.3 is 4.90 Å². The quantitative estimate of drug-likeness (QED) is 0.468. The van der Waals surface area contributed by atoms with Gasteiger partial charge in [0.1, 0.15) is 0 Å². The topological polar surface area (TPSA) is 65.9 Å². The maximum absolute atomic E-state index is 13.1. The van der Waals surface area contributed by atoms with Crippen LogP contribution in [-0.4, -0.2) is 51.3 Å². The van der Waals surface area contributed by atoms with Gasteiger partial charge in [-0.1, -0.05) is 23.9 Å². The van der Waals surface area contributed by atoms with Crippen molar-refractivity contribution in [1.29, 1.82) is 0 Å². The molecule has 0 N–H and O–H groups in total. The van der Waals surface area contributed by atoms with E-state index in [1.807, 2.05) is 39.9 Å². The molecule has 32 heavy (non-hydrogen) atoms. The van der Waals surface area contributed by atoms with Crippen LogP contribution in [0.3, 0.4) is 0 Å². The summed E-state index contributed by atoms with van der Waals surface area (Å²) in [5, 5.41) is 11.1. The second kappa shape index (κ2) is 9.56. The number of hydrogen-bond acceptors (Lipinski definition) is 7. The van der Waals surface area contributed by atoms with E-state index in [4.69, 9.17) is 5.10 Å². The summed E-state index contributed by atoms with van der Waals surface area (Å²) in [5.74, 6) is 0.239. The molecule has 3 aromatic heterocycles. The predicted octanol–water partition coefficient (Wildman–Crippen LogP) is 4.91. The molecule has 0 aromatic carbocycles. The Morgan fingerprint density at radius 2 is 1.88 bits per heavy atom. The Bertz CT molecular complexity index is 1100. The maximum Gasteiger partial charge on any atom is 0.255 e. The van der Waals surface area contributed by atoms with Crippen molar-refractivity contribution in [3.63, 3.8) is 0 Å². The summed E-state index contributed by atoms with van der Waals surface area (Å²) in [6, 6.07) is 11.7. The minimum absolute atomic E-state index is 0.0360. The number of thiophene rings is 2. The predicted molar refractivity (Wildman–Crippen MR) is 129 cm³/mol. The minimum Gasteiger partial charge on any atom is -0.339 e. The fourth-order valence-electron chi connectivity index (χ4n) is 3.93. The van der Waals surface area contributed by atoms with Gasteiger partial charge in [0, 0.05) is 30.6 Å². The molecule has 0 spiro atoms. The molecule has 3 aromatic rings. The van der Waals surface area contributed by atoms with Gasteiger partial charge in [0.15, 0.2) is 0 Å². The van der Waals surface area contributed by atoms with Gasteiger partial charge in [-0.25, -0.2) is 9.99 Å². The second-order valence-corrected chi connectivity index (χ2v) is 10.6. The Kier molecular flexibility index (Phi) is 6.38. The number of aromatic nitrogens is 1. The minimum atomic E-state index is -0.0615. The Hall–Kier alpha value is -2.49. The molecule has 1 saturated heterocycles. The highest BCUT2D eigenvalue weighted by Crippen LogP contribution is 2.36. The summed E-state index contributed by atoms with van der Waals surface area (Å²) >= 11 is 4.67. The molecular formula is C23H22N4O2S3. The summed E-state index contributed by atoms with van der Waals surface area (Å²) in [6.45, 7) is 1.64. The first-order valence-corrected chi connectivity index (χ1v) is 13.3. The molecule has 6 nitrogen and oxygen atoms in total. The van der Waals surface area contributed by atoms with Crippen LogP contribution in [-0.2, 0) is 4.79 Å². The third-order valence-electron chi connectivity index (χ3n) is 5.56. The number of thioether (sulfide) groups is 1. The molecule has 1 atom stereocenters. The molecule has 2 aliphatic rings. The standard InChI is InChI=1S/C23H22N4O2S3/c28-22(15-32-21-8-7-16(14-24-21)23(29)26-9-1-2-10-26)27-18(20-6-4-12-31-20)13-17(25-27)19-5-3-11-30-19/h3-8,11-12,14,18H,1-2,9-10,13,15H2. The monoisotopic (exact) mass is 482 g/mol. The highest BCUT2D eigenvalue weighted by Gasteiger charge is 2.34. The summed E-state index contributed by atoms with van der Waals surface area (Å²) in [7, 11) is 0. The summed E-state index contributed by atoms with van der Waals surface area (Å²) < 4.78 is 0. The lowest BCUT2D eigenvalue weighted by Gasteiger charge is -2.20. The Morgan fingerprint density at radius 3 is 2.56 bits per heavy atom. The van der Waals surface area contributed by atoms with Crippen LogP contribution in [0.1, 0.15) is 45.4 Å². The molecule has 0 radical (unpaired) electrons. The van der Waals surface area contributed by atoms with Crippen molar-refractivity contribution in [3.8, 4) is 0 Å². The van der Waals surface area contributed by atoms with Crippen molar-refractivity contribution in [3.05, 3.63) is 68.7 Å². The van der Waals surface area contributed by atoms with Crippen molar-refractivity contribution in [2.24, 2.45) is 5.10 Å². The number of carbonyl (C=O) groups excluding carboxylic acids is 2. The van der Waals surface area contributed by atoms with E-state index in [1.165, 1.54) is 11.8 Å². The van der Waals surface area contributed by atoms with Crippen LogP contribution in [0.25, 0.3) is 0 Å². The van der Waals surface area contributed by atoms with E-state index in [0.717, 1.165) is 52.8 Å². The normalized spacial score (nSPS) is 18.2. The zero-order valence-electron chi connectivity index (χ0n) is 17.3. The van der Waals surface area contributed by atoms with Gasteiger partial charge in [-0.3, -0.25) is 9.59 Å². The molecule has 2 aliphatic heterocycles. The number of amides is 2. The van der Waals surface area contributed by atoms with Gasteiger partial charge in [0.05, 0.1) is 33.0 Å². The Morgan fingerprint density at radius 1 is 1.06 bits per heavy atom. The fourth-order valence-corrected chi connectivity index (χ4v) is 6.16. The van der Waals surface area contributed by atoms with Crippen LogP contribution in [0.5, 0.6) is 0 Å². The van der Waals surface area contributed by atoms with Gasteiger partial charge in [-0.2, -0.15) is 5.10 Å². The molecule has 5 rings (SSSR count). The molecule has 9 heteroatoms. The van der Waals surface area contributed by atoms with E-state index in [2.05, 4.69) is 11.1 Å². The molecule has 5 heterocycles. The zero-order chi connectivity index (χ0) is 21.9. The molecule has 1 unspecified atom stereocenters. The molecule has 0 aliphatic carbocycles. The Balaban J connectivity index is 1.25. The van der Waals surface area contributed by atoms with E-state index in [9.17, 15) is 9.59 Å². The van der Waals surface area contributed by atoms with E-state index >= 15 is 0 Å². The lowest BCUT2D eigenvalue weighted by molar-refractivity contribution is -0.130. The highest BCUT2D eigenvalue weighted by atomic mass is 32.2. The van der Waals surface area contributed by atoms with Crippen molar-refractivity contribution in [2.75, 3.05) is 18.8 Å². The molecule has 0 bridgehead atoms. The first-order valence-electron chi connectivity index (χ1n) is 10.5. The van der Waals surface area contributed by atoms with Crippen LogP contribution in [0.4, 0.5) is 0 Å². The maximum atomic E-state index is 13.1. The van der Waals surface area contributed by atoms with Crippen LogP contribution in [0, 0.1) is 0 Å². The summed E-state index contributed by atoms with van der Waals surface area (Å²) in [4.78, 5) is 34.1. The van der Waals surface area contributed by atoms with Crippen molar-refractivity contribution >= 4 is 52.0 Å². The first-order chi connectivity index (χ1) is 15.7. The van der Waals surface area contributed by atoms with Crippen LogP contribution in [0.15, 0.2) is 63.5 Å². The number of hydrogen-bond donors (Lipinski definition) is 0. The van der Waals surface area contributed by atoms with E-state index in [1.54, 1.807) is 39.9 Å². The molecule has 0 saturated carbocycles. The van der Waals surface area contributed by atoms with Gasteiger partial charge in [0.25, 0.3) is 11.8 Å². The average Bonchev–Trinajstić information content (AvgIpc) is 3.63. The van der Waals surface area contributed by atoms with E-state index < -0.39 is 0 Å². The number of likely N-dealkylation sites (tertiary alicyclic amines) is 1. The third-order valence-corrected chi connectivity index (χ3v) is 8.38. The smallest absolute Gasteiger partial charge is 0.255 e. The number of carbonyl (C=O) groups is 2. The Labute approximate surface area is 199 Å².